The molecular weight excluding hydrogens is 304 g/mol. The lowest BCUT2D eigenvalue weighted by molar-refractivity contribution is 0.0824. The first-order valence-corrected chi connectivity index (χ1v) is 9.12. The summed E-state index contributed by atoms with van der Waals surface area (Å²) < 4.78 is 0. The average Bonchev–Trinajstić information content (AvgIpc) is 3.07. The monoisotopic (exact) mass is 324 g/mol. The molecule has 0 bridgehead atoms. The second kappa shape index (κ2) is 6.38. The maximum absolute atomic E-state index is 10.8. The minimum absolute atomic E-state index is 0.335. The molecule has 0 spiro atoms. The first kappa shape index (κ1) is 14.8. The van der Waals surface area contributed by atoms with E-state index in [1.54, 1.807) is 17.7 Å². The van der Waals surface area contributed by atoms with Crippen LogP contribution in [0.5, 0.6) is 0 Å². The van der Waals surface area contributed by atoms with Gasteiger partial charge in [-0.25, -0.2) is 9.97 Å². The van der Waals surface area contributed by atoms with Gasteiger partial charge in [0.1, 0.15) is 11.2 Å². The van der Waals surface area contributed by atoms with Gasteiger partial charge in [-0.05, 0) is 30.4 Å². The molecule has 4 heteroatoms. The van der Waals surface area contributed by atoms with Gasteiger partial charge in [0, 0.05) is 10.3 Å². The van der Waals surface area contributed by atoms with Crippen molar-refractivity contribution in [2.75, 3.05) is 0 Å². The van der Waals surface area contributed by atoms with Gasteiger partial charge in [0.2, 0.25) is 0 Å². The van der Waals surface area contributed by atoms with E-state index in [9.17, 15) is 5.11 Å². The molecule has 0 amide bonds. The zero-order valence-electron chi connectivity index (χ0n) is 13.0. The van der Waals surface area contributed by atoms with E-state index in [0.717, 1.165) is 28.8 Å². The minimum Gasteiger partial charge on any atom is -0.386 e. The van der Waals surface area contributed by atoms with Crippen molar-refractivity contribution in [2.24, 2.45) is 5.92 Å². The van der Waals surface area contributed by atoms with Crippen LogP contribution in [-0.4, -0.2) is 15.1 Å². The lowest BCUT2D eigenvalue weighted by atomic mass is 9.83. The van der Waals surface area contributed by atoms with Gasteiger partial charge in [0.15, 0.2) is 0 Å². The van der Waals surface area contributed by atoms with Gasteiger partial charge in [-0.2, -0.15) is 0 Å². The molecule has 1 fully saturated rings. The second-order valence-corrected chi connectivity index (χ2v) is 7.33. The van der Waals surface area contributed by atoms with Crippen LogP contribution in [0.15, 0.2) is 42.7 Å². The number of hydrogen-bond donors (Lipinski definition) is 1. The topological polar surface area (TPSA) is 46.0 Å². The molecule has 1 aliphatic carbocycles. The molecule has 0 saturated heterocycles. The van der Waals surface area contributed by atoms with Crippen LogP contribution in [0.2, 0.25) is 0 Å². The lowest BCUT2D eigenvalue weighted by Crippen LogP contribution is -2.17. The molecule has 0 radical (unpaired) electrons. The van der Waals surface area contributed by atoms with Gasteiger partial charge in [-0.15, -0.1) is 11.3 Å². The Labute approximate surface area is 140 Å². The number of thiophene rings is 1. The molecule has 1 saturated carbocycles. The Hall–Kier alpha value is -1.78. The molecule has 3 aromatic rings. The Morgan fingerprint density at radius 2 is 1.83 bits per heavy atom. The number of aromatic nitrogens is 2. The molecule has 23 heavy (non-hydrogen) atoms. The van der Waals surface area contributed by atoms with Crippen molar-refractivity contribution in [3.05, 3.63) is 48.4 Å². The van der Waals surface area contributed by atoms with E-state index in [2.05, 4.69) is 28.2 Å². The summed E-state index contributed by atoms with van der Waals surface area (Å²) in [4.78, 5) is 11.0. The highest BCUT2D eigenvalue weighted by Crippen LogP contribution is 2.39. The summed E-state index contributed by atoms with van der Waals surface area (Å²) in [7, 11) is 0. The van der Waals surface area contributed by atoms with Crippen LogP contribution in [0.1, 0.15) is 43.9 Å². The Bertz CT molecular complexity index is 793. The normalized spacial score (nSPS) is 17.4. The van der Waals surface area contributed by atoms with Crippen LogP contribution in [-0.2, 0) is 0 Å². The number of benzene rings is 1. The van der Waals surface area contributed by atoms with Crippen molar-refractivity contribution in [1.82, 2.24) is 9.97 Å². The van der Waals surface area contributed by atoms with E-state index in [0.29, 0.717) is 5.92 Å². The predicted octanol–water partition coefficient (Wildman–Crippen LogP) is 4.97. The van der Waals surface area contributed by atoms with Gasteiger partial charge in [0.05, 0.1) is 11.8 Å². The van der Waals surface area contributed by atoms with Gasteiger partial charge < -0.3 is 5.11 Å². The molecule has 3 nitrogen and oxygen atoms in total. The fraction of sp³-hybridized carbons (Fsp3) is 0.368. The molecular formula is C19H20N2OS. The molecule has 1 aromatic carbocycles. The standard InChI is InChI=1S/C19H20N2OS/c22-18(14-9-5-2-6-10-14)17-15-11-16(13-7-3-1-4-8-13)23-19(15)21-12-20-17/h1,3-4,7-8,11-12,14,18,22H,2,5-6,9-10H2. The van der Waals surface area contributed by atoms with Crippen LogP contribution in [0.25, 0.3) is 20.7 Å². The fourth-order valence-electron chi connectivity index (χ4n) is 3.53. The zero-order chi connectivity index (χ0) is 15.6. The Kier molecular flexibility index (Phi) is 4.10. The van der Waals surface area contributed by atoms with Crippen LogP contribution < -0.4 is 0 Å². The average molecular weight is 324 g/mol. The summed E-state index contributed by atoms with van der Waals surface area (Å²) in [5.74, 6) is 0.335. The number of hydrogen-bond acceptors (Lipinski definition) is 4. The molecule has 118 valence electrons. The molecule has 2 aromatic heterocycles. The van der Waals surface area contributed by atoms with Crippen molar-refractivity contribution in [1.29, 1.82) is 0 Å². The number of aliphatic hydroxyl groups excluding tert-OH is 1. The first-order valence-electron chi connectivity index (χ1n) is 8.31. The molecule has 1 N–H and O–H groups in total. The third kappa shape index (κ3) is 2.89. The van der Waals surface area contributed by atoms with Crippen LogP contribution >= 0.6 is 11.3 Å². The first-order chi connectivity index (χ1) is 11.3. The smallest absolute Gasteiger partial charge is 0.127 e. The van der Waals surface area contributed by atoms with E-state index in [4.69, 9.17) is 0 Å². The Balaban J connectivity index is 1.74. The van der Waals surface area contributed by atoms with Gasteiger partial charge in [-0.3, -0.25) is 0 Å². The predicted molar refractivity (Wildman–Crippen MR) is 94.4 cm³/mol. The van der Waals surface area contributed by atoms with E-state index >= 15 is 0 Å². The maximum Gasteiger partial charge on any atom is 0.127 e. The van der Waals surface area contributed by atoms with Crippen molar-refractivity contribution in [2.45, 2.75) is 38.2 Å². The molecule has 4 rings (SSSR count). The quantitative estimate of drug-likeness (QED) is 0.739. The van der Waals surface area contributed by atoms with Crippen LogP contribution in [0.4, 0.5) is 0 Å². The van der Waals surface area contributed by atoms with Gasteiger partial charge in [-0.1, -0.05) is 49.6 Å². The molecule has 1 atom stereocenters. The van der Waals surface area contributed by atoms with Crippen molar-refractivity contribution in [3.63, 3.8) is 0 Å². The largest absolute Gasteiger partial charge is 0.386 e. The van der Waals surface area contributed by atoms with E-state index < -0.39 is 6.10 Å². The fourth-order valence-corrected chi connectivity index (χ4v) is 4.54. The second-order valence-electron chi connectivity index (χ2n) is 6.30. The number of nitrogens with zero attached hydrogens (tertiary/aromatic N) is 2. The molecule has 1 unspecified atom stereocenters. The lowest BCUT2D eigenvalue weighted by Gasteiger charge is -2.26. The summed E-state index contributed by atoms with van der Waals surface area (Å²) in [6.45, 7) is 0. The Morgan fingerprint density at radius 3 is 2.61 bits per heavy atom. The van der Waals surface area contributed by atoms with Crippen LogP contribution in [0.3, 0.4) is 0 Å². The zero-order valence-corrected chi connectivity index (χ0v) is 13.8. The highest BCUT2D eigenvalue weighted by atomic mass is 32.1. The molecule has 2 heterocycles. The van der Waals surface area contributed by atoms with Crippen molar-refractivity contribution < 1.29 is 5.11 Å². The Morgan fingerprint density at radius 1 is 1.04 bits per heavy atom. The SMILES string of the molecule is OC(c1ncnc2sc(-c3ccccc3)cc12)C1CCCCC1. The third-order valence-electron chi connectivity index (χ3n) is 4.80. The number of aliphatic hydroxyl groups is 1. The van der Waals surface area contributed by atoms with Gasteiger partial charge >= 0.3 is 0 Å². The highest BCUT2D eigenvalue weighted by molar-refractivity contribution is 7.21. The molecule has 1 aliphatic rings. The summed E-state index contributed by atoms with van der Waals surface area (Å²) in [6.07, 6.45) is 7.04. The van der Waals surface area contributed by atoms with Crippen LogP contribution in [0, 0.1) is 5.92 Å². The van der Waals surface area contributed by atoms with Gasteiger partial charge in [0.25, 0.3) is 0 Å². The van der Waals surface area contributed by atoms with E-state index in [1.165, 1.54) is 29.7 Å². The summed E-state index contributed by atoms with van der Waals surface area (Å²) in [6, 6.07) is 12.5. The third-order valence-corrected chi connectivity index (χ3v) is 5.89. The summed E-state index contributed by atoms with van der Waals surface area (Å²) in [5.41, 5.74) is 1.99. The summed E-state index contributed by atoms with van der Waals surface area (Å²) >= 11 is 1.67. The van der Waals surface area contributed by atoms with E-state index in [-0.39, 0.29) is 0 Å². The maximum atomic E-state index is 10.8. The number of rotatable bonds is 3. The number of fused-ring (bicyclic) bond motifs is 1. The minimum atomic E-state index is -0.473. The highest BCUT2D eigenvalue weighted by Gasteiger charge is 2.26. The van der Waals surface area contributed by atoms with Crippen molar-refractivity contribution in [3.8, 4) is 10.4 Å². The van der Waals surface area contributed by atoms with Crippen molar-refractivity contribution >= 4 is 21.6 Å². The van der Waals surface area contributed by atoms with E-state index in [1.807, 2.05) is 18.2 Å². The summed E-state index contributed by atoms with van der Waals surface area (Å²) in [5, 5.41) is 11.8. The molecule has 0 aliphatic heterocycles.